The Kier molecular flexibility index (Phi) is 6.08. The highest BCUT2D eigenvalue weighted by atomic mass is 32.2. The van der Waals surface area contributed by atoms with Gasteiger partial charge in [-0.3, -0.25) is 4.79 Å². The summed E-state index contributed by atoms with van der Waals surface area (Å²) in [4.78, 5) is 15.6. The van der Waals surface area contributed by atoms with Crippen LogP contribution < -0.4 is 5.32 Å². The van der Waals surface area contributed by atoms with E-state index in [0.29, 0.717) is 37.6 Å². The molecule has 2 aromatic rings. The molecule has 0 atom stereocenters. The first-order chi connectivity index (χ1) is 12.5. The van der Waals surface area contributed by atoms with Gasteiger partial charge in [-0.25, -0.2) is 8.42 Å². The molecular weight excluding hydrogens is 370 g/mol. The molecule has 1 aromatic heterocycles. The zero-order valence-corrected chi connectivity index (χ0v) is 16.4. The Labute approximate surface area is 158 Å². The van der Waals surface area contributed by atoms with Gasteiger partial charge in [0.2, 0.25) is 10.0 Å². The Morgan fingerprint density at radius 3 is 2.42 bits per heavy atom. The van der Waals surface area contributed by atoms with E-state index in [1.165, 1.54) is 9.18 Å². The number of hydrogen-bond acceptors (Lipinski definition) is 4. The molecule has 0 spiro atoms. The van der Waals surface area contributed by atoms with Crippen LogP contribution in [0.3, 0.4) is 0 Å². The smallest absolute Gasteiger partial charge is 0.277 e. The Bertz CT molecular complexity index is 825. The van der Waals surface area contributed by atoms with E-state index in [9.17, 15) is 13.2 Å². The van der Waals surface area contributed by atoms with Crippen molar-refractivity contribution >= 4 is 27.3 Å². The van der Waals surface area contributed by atoms with Crippen molar-refractivity contribution in [3.8, 4) is 0 Å². The van der Waals surface area contributed by atoms with Gasteiger partial charge in [0.1, 0.15) is 6.54 Å². The van der Waals surface area contributed by atoms with E-state index in [0.717, 1.165) is 12.1 Å². The maximum atomic E-state index is 12.7. The third kappa shape index (κ3) is 4.50. The fraction of sp³-hybridized carbons (Fsp3) is 0.389. The summed E-state index contributed by atoms with van der Waals surface area (Å²) in [6.07, 6.45) is 0. The lowest BCUT2D eigenvalue weighted by molar-refractivity contribution is -0.660. The zero-order chi connectivity index (χ0) is 18.6. The normalized spacial score (nSPS) is 16.0. The second-order valence-corrected chi connectivity index (χ2v) is 9.34. The number of carbonyl (C=O) groups excluding carboxylic acids is 1. The lowest BCUT2D eigenvalue weighted by atomic mass is 10.2. The van der Waals surface area contributed by atoms with Gasteiger partial charge in [0.05, 0.1) is 9.77 Å². The van der Waals surface area contributed by atoms with Crippen LogP contribution in [0.5, 0.6) is 0 Å². The second kappa shape index (κ2) is 8.30. The van der Waals surface area contributed by atoms with E-state index in [4.69, 9.17) is 0 Å². The molecule has 3 rings (SSSR count). The van der Waals surface area contributed by atoms with Gasteiger partial charge in [-0.1, -0.05) is 23.8 Å². The highest BCUT2D eigenvalue weighted by Crippen LogP contribution is 2.18. The predicted octanol–water partition coefficient (Wildman–Crippen LogP) is 0.653. The topological polar surface area (TPSA) is 74.3 Å². The third-order valence-electron chi connectivity index (χ3n) is 4.49. The number of piperazine rings is 1. The summed E-state index contributed by atoms with van der Waals surface area (Å²) in [7, 11) is -3.49. The fourth-order valence-corrected chi connectivity index (χ4v) is 5.06. The number of hydrogen-bond donors (Lipinski definition) is 1. The van der Waals surface area contributed by atoms with Crippen molar-refractivity contribution in [1.82, 2.24) is 9.21 Å². The van der Waals surface area contributed by atoms with Gasteiger partial charge in [-0.2, -0.15) is 4.31 Å². The first-order valence-electron chi connectivity index (χ1n) is 8.65. The molecule has 0 radical (unpaired) electrons. The number of nitrogens with two attached hydrogens (primary N) is 1. The molecule has 1 aliphatic heterocycles. The van der Waals surface area contributed by atoms with Crippen molar-refractivity contribution in [1.29, 1.82) is 0 Å². The van der Waals surface area contributed by atoms with Crippen molar-refractivity contribution in [2.24, 2.45) is 0 Å². The molecule has 2 N–H and O–H groups in total. The lowest BCUT2D eigenvalue weighted by Gasteiger charge is -2.33. The number of benzene rings is 1. The molecule has 2 heterocycles. The molecule has 1 fully saturated rings. The summed E-state index contributed by atoms with van der Waals surface area (Å²) < 4.78 is 26.9. The van der Waals surface area contributed by atoms with Crippen molar-refractivity contribution in [2.45, 2.75) is 18.4 Å². The Morgan fingerprint density at radius 1 is 1.12 bits per heavy atom. The number of sulfonamides is 1. The fourth-order valence-electron chi connectivity index (χ4n) is 2.93. The molecule has 1 aromatic carbocycles. The molecule has 1 aliphatic rings. The van der Waals surface area contributed by atoms with Crippen molar-refractivity contribution in [3.63, 3.8) is 0 Å². The molecule has 8 heteroatoms. The van der Waals surface area contributed by atoms with Crippen LogP contribution in [0.15, 0.2) is 46.7 Å². The first kappa shape index (κ1) is 19.0. The van der Waals surface area contributed by atoms with Crippen LogP contribution in [0.1, 0.15) is 10.4 Å². The molecule has 0 unspecified atom stereocenters. The van der Waals surface area contributed by atoms with Crippen molar-refractivity contribution in [2.75, 3.05) is 32.7 Å². The van der Waals surface area contributed by atoms with Gasteiger partial charge in [0.15, 0.2) is 6.54 Å². The van der Waals surface area contributed by atoms with Crippen LogP contribution in [0.4, 0.5) is 0 Å². The average molecular weight is 395 g/mol. The second-order valence-electron chi connectivity index (χ2n) is 6.37. The predicted molar refractivity (Wildman–Crippen MR) is 101 cm³/mol. The Balaban J connectivity index is 1.50. The summed E-state index contributed by atoms with van der Waals surface area (Å²) >= 11 is 1.68. The molecule has 0 bridgehead atoms. The Morgan fingerprint density at radius 2 is 1.81 bits per heavy atom. The van der Waals surface area contributed by atoms with Crippen LogP contribution in [-0.4, -0.2) is 56.3 Å². The van der Waals surface area contributed by atoms with E-state index >= 15 is 0 Å². The van der Waals surface area contributed by atoms with E-state index in [2.05, 4.69) is 6.07 Å². The number of amides is 1. The van der Waals surface area contributed by atoms with Crippen LogP contribution in [-0.2, 0) is 21.4 Å². The van der Waals surface area contributed by atoms with Gasteiger partial charge in [0.25, 0.3) is 5.91 Å². The maximum absolute atomic E-state index is 12.7. The van der Waals surface area contributed by atoms with E-state index in [1.807, 2.05) is 23.7 Å². The zero-order valence-electron chi connectivity index (χ0n) is 14.8. The molecular formula is C18H24N3O3S2+. The number of thiophene rings is 1. The molecule has 26 heavy (non-hydrogen) atoms. The van der Waals surface area contributed by atoms with Gasteiger partial charge >= 0.3 is 0 Å². The maximum Gasteiger partial charge on any atom is 0.277 e. The van der Waals surface area contributed by atoms with Crippen LogP contribution in [0, 0.1) is 6.92 Å². The molecule has 140 valence electrons. The van der Waals surface area contributed by atoms with Crippen molar-refractivity contribution in [3.05, 3.63) is 52.2 Å². The minimum atomic E-state index is -3.49. The van der Waals surface area contributed by atoms with Crippen LogP contribution in [0.25, 0.3) is 0 Å². The Hall–Kier alpha value is -1.74. The standard InChI is InChI=1S/C18H23N3O3S2/c1-15-4-6-17(7-5-15)26(23,24)21-10-8-20(9-11-21)18(22)14-19-13-16-3-2-12-25-16/h2-7,12,19H,8-11,13-14H2,1H3/p+1. The number of rotatable bonds is 6. The molecule has 1 amide bonds. The summed E-state index contributed by atoms with van der Waals surface area (Å²) in [6.45, 7) is 4.68. The number of nitrogens with zero attached hydrogens (tertiary/aromatic N) is 2. The lowest BCUT2D eigenvalue weighted by Crippen LogP contribution is -2.85. The molecule has 0 saturated carbocycles. The minimum absolute atomic E-state index is 0.0638. The molecule has 6 nitrogen and oxygen atoms in total. The molecule has 0 aliphatic carbocycles. The third-order valence-corrected chi connectivity index (χ3v) is 7.31. The summed E-state index contributed by atoms with van der Waals surface area (Å²) in [5.41, 5.74) is 1.03. The highest BCUT2D eigenvalue weighted by Gasteiger charge is 2.30. The SMILES string of the molecule is Cc1ccc(S(=O)(=O)N2CCN(C(=O)C[NH2+]Cc3cccs3)CC2)cc1. The average Bonchev–Trinajstić information content (AvgIpc) is 3.15. The summed E-state index contributed by atoms with van der Waals surface area (Å²) in [5, 5.41) is 4.02. The molecule has 1 saturated heterocycles. The van der Waals surface area contributed by atoms with Crippen molar-refractivity contribution < 1.29 is 18.5 Å². The van der Waals surface area contributed by atoms with Gasteiger partial charge < -0.3 is 10.2 Å². The van der Waals surface area contributed by atoms with Gasteiger partial charge in [-0.15, -0.1) is 11.3 Å². The highest BCUT2D eigenvalue weighted by molar-refractivity contribution is 7.89. The van der Waals surface area contributed by atoms with Crippen LogP contribution in [0.2, 0.25) is 0 Å². The number of quaternary nitrogens is 1. The number of aryl methyl sites for hydroxylation is 1. The summed E-state index contributed by atoms with van der Waals surface area (Å²) in [6, 6.07) is 10.9. The van der Waals surface area contributed by atoms with E-state index < -0.39 is 10.0 Å². The minimum Gasteiger partial charge on any atom is -0.335 e. The van der Waals surface area contributed by atoms with Crippen LogP contribution >= 0.6 is 11.3 Å². The quantitative estimate of drug-likeness (QED) is 0.782. The first-order valence-corrected chi connectivity index (χ1v) is 11.0. The number of carbonyl (C=O) groups is 1. The monoisotopic (exact) mass is 394 g/mol. The van der Waals surface area contributed by atoms with Gasteiger partial charge in [0, 0.05) is 26.2 Å². The van der Waals surface area contributed by atoms with E-state index in [1.54, 1.807) is 40.5 Å². The summed E-state index contributed by atoms with van der Waals surface area (Å²) in [5.74, 6) is 0.0638. The van der Waals surface area contributed by atoms with E-state index in [-0.39, 0.29) is 5.91 Å². The van der Waals surface area contributed by atoms with Gasteiger partial charge in [-0.05, 0) is 30.5 Å². The largest absolute Gasteiger partial charge is 0.335 e.